The lowest BCUT2D eigenvalue weighted by Crippen LogP contribution is -2.47. The van der Waals surface area contributed by atoms with Gasteiger partial charge in [-0.05, 0) is 19.3 Å². The van der Waals surface area contributed by atoms with E-state index >= 15 is 0 Å². The molecule has 116 valence electrons. The molecule has 0 heterocycles. The van der Waals surface area contributed by atoms with E-state index in [0.29, 0.717) is 6.54 Å². The second-order valence-corrected chi connectivity index (χ2v) is 8.06. The van der Waals surface area contributed by atoms with Crippen LogP contribution >= 0.6 is 0 Å². The molecule has 0 aliphatic heterocycles. The number of rotatable bonds is 9. The van der Waals surface area contributed by atoms with Crippen LogP contribution in [0.4, 0.5) is 0 Å². The van der Waals surface area contributed by atoms with Gasteiger partial charge in [0.1, 0.15) is 4.75 Å². The summed E-state index contributed by atoms with van der Waals surface area (Å²) in [5.74, 6) is -0.00504. The van der Waals surface area contributed by atoms with Gasteiger partial charge in [0.05, 0.1) is 0 Å². The second kappa shape index (κ2) is 7.99. The first-order chi connectivity index (χ1) is 9.44. The molecular formula is C16H29NO2S. The van der Waals surface area contributed by atoms with E-state index in [1.807, 2.05) is 25.2 Å². The van der Waals surface area contributed by atoms with Crippen LogP contribution in [0.2, 0.25) is 0 Å². The molecule has 0 radical (unpaired) electrons. The molecule has 0 fully saturated rings. The molecule has 0 aromatic carbocycles. The summed E-state index contributed by atoms with van der Waals surface area (Å²) in [6.07, 6.45) is 14.5. The van der Waals surface area contributed by atoms with Crippen LogP contribution in [0.25, 0.3) is 0 Å². The molecule has 4 heteroatoms. The van der Waals surface area contributed by atoms with Crippen molar-refractivity contribution in [2.75, 3.05) is 6.54 Å². The molecule has 0 aromatic rings. The Hall–Kier alpha value is -0.610. The Kier molecular flexibility index (Phi) is 6.96. The zero-order valence-corrected chi connectivity index (χ0v) is 13.9. The zero-order valence-electron chi connectivity index (χ0n) is 13.1. The lowest BCUT2D eigenvalue weighted by molar-refractivity contribution is 0.499. The fourth-order valence-corrected chi connectivity index (χ4v) is 3.97. The van der Waals surface area contributed by atoms with E-state index < -0.39 is 14.8 Å². The Morgan fingerprint density at radius 2 is 1.75 bits per heavy atom. The standard InChI is InChI=1S/C16H29NO2S/c1-4-5-6-7-8-11-14-17-20(18,19)16(3)13-10-9-12-15(16)2/h9-10,12-13,15,17H,4-8,11,14H2,1-3H3. The Labute approximate surface area is 124 Å². The molecule has 0 spiro atoms. The Morgan fingerprint density at radius 1 is 1.10 bits per heavy atom. The number of sulfonamides is 1. The minimum absolute atomic E-state index is 0.00504. The predicted octanol–water partition coefficient (Wildman–Crippen LogP) is 3.79. The molecular weight excluding hydrogens is 270 g/mol. The van der Waals surface area contributed by atoms with Gasteiger partial charge in [-0.15, -0.1) is 0 Å². The van der Waals surface area contributed by atoms with Gasteiger partial charge in [-0.25, -0.2) is 13.1 Å². The van der Waals surface area contributed by atoms with Crippen molar-refractivity contribution >= 4 is 10.0 Å². The average molecular weight is 299 g/mol. The van der Waals surface area contributed by atoms with Crippen molar-refractivity contribution in [1.29, 1.82) is 0 Å². The normalized spacial score (nSPS) is 26.1. The van der Waals surface area contributed by atoms with Gasteiger partial charge in [-0.1, -0.05) is 70.3 Å². The highest BCUT2D eigenvalue weighted by molar-refractivity contribution is 7.91. The van der Waals surface area contributed by atoms with E-state index in [4.69, 9.17) is 0 Å². The van der Waals surface area contributed by atoms with Crippen molar-refractivity contribution in [3.63, 3.8) is 0 Å². The smallest absolute Gasteiger partial charge is 0.214 e. The van der Waals surface area contributed by atoms with Crippen LogP contribution in [0.15, 0.2) is 24.3 Å². The maximum absolute atomic E-state index is 12.5. The first-order valence-corrected chi connectivity index (χ1v) is 9.27. The highest BCUT2D eigenvalue weighted by atomic mass is 32.2. The van der Waals surface area contributed by atoms with Gasteiger partial charge in [0.2, 0.25) is 10.0 Å². The molecule has 1 N–H and O–H groups in total. The molecule has 0 bridgehead atoms. The zero-order chi connectivity index (χ0) is 15.1. The van der Waals surface area contributed by atoms with Crippen molar-refractivity contribution in [2.45, 2.75) is 64.0 Å². The summed E-state index contributed by atoms with van der Waals surface area (Å²) in [6, 6.07) is 0. The molecule has 0 saturated carbocycles. The average Bonchev–Trinajstić information content (AvgIpc) is 2.41. The Morgan fingerprint density at radius 3 is 2.40 bits per heavy atom. The monoisotopic (exact) mass is 299 g/mol. The summed E-state index contributed by atoms with van der Waals surface area (Å²) < 4.78 is 26.9. The van der Waals surface area contributed by atoms with E-state index in [1.54, 1.807) is 13.0 Å². The quantitative estimate of drug-likeness (QED) is 0.658. The third kappa shape index (κ3) is 4.45. The first-order valence-electron chi connectivity index (χ1n) is 7.79. The molecule has 3 nitrogen and oxygen atoms in total. The maximum atomic E-state index is 12.5. The van der Waals surface area contributed by atoms with E-state index in [0.717, 1.165) is 12.8 Å². The topological polar surface area (TPSA) is 46.2 Å². The van der Waals surface area contributed by atoms with Gasteiger partial charge in [0, 0.05) is 6.54 Å². The summed E-state index contributed by atoms with van der Waals surface area (Å²) >= 11 is 0. The fraction of sp³-hybridized carbons (Fsp3) is 0.750. The number of unbranched alkanes of at least 4 members (excludes halogenated alkanes) is 5. The van der Waals surface area contributed by atoms with E-state index in [9.17, 15) is 8.42 Å². The summed E-state index contributed by atoms with van der Waals surface area (Å²) in [6.45, 7) is 6.49. The minimum atomic E-state index is -3.32. The lowest BCUT2D eigenvalue weighted by atomic mass is 9.91. The Balaban J connectivity index is 2.38. The number of hydrogen-bond donors (Lipinski definition) is 1. The third-order valence-electron chi connectivity index (χ3n) is 4.24. The van der Waals surface area contributed by atoms with Crippen LogP contribution in [0, 0.1) is 5.92 Å². The van der Waals surface area contributed by atoms with Crippen LogP contribution in [-0.4, -0.2) is 19.7 Å². The summed E-state index contributed by atoms with van der Waals surface area (Å²) in [4.78, 5) is 0. The molecule has 0 amide bonds. The van der Waals surface area contributed by atoms with Crippen molar-refractivity contribution in [3.05, 3.63) is 24.3 Å². The van der Waals surface area contributed by atoms with Crippen LogP contribution in [-0.2, 0) is 10.0 Å². The van der Waals surface area contributed by atoms with Crippen LogP contribution in [0.1, 0.15) is 59.3 Å². The predicted molar refractivity (Wildman–Crippen MR) is 86.1 cm³/mol. The van der Waals surface area contributed by atoms with Crippen molar-refractivity contribution in [1.82, 2.24) is 4.72 Å². The molecule has 1 aliphatic rings. The van der Waals surface area contributed by atoms with Gasteiger partial charge in [-0.2, -0.15) is 0 Å². The highest BCUT2D eigenvalue weighted by Crippen LogP contribution is 2.31. The number of nitrogens with one attached hydrogen (secondary N) is 1. The minimum Gasteiger partial charge on any atom is -0.214 e. The summed E-state index contributed by atoms with van der Waals surface area (Å²) in [5.41, 5.74) is 0. The largest absolute Gasteiger partial charge is 0.221 e. The summed E-state index contributed by atoms with van der Waals surface area (Å²) in [5, 5.41) is 0. The first kappa shape index (κ1) is 17.4. The van der Waals surface area contributed by atoms with Crippen LogP contribution in [0.5, 0.6) is 0 Å². The van der Waals surface area contributed by atoms with E-state index in [2.05, 4.69) is 11.6 Å². The molecule has 2 unspecified atom stereocenters. The van der Waals surface area contributed by atoms with Gasteiger partial charge in [-0.3, -0.25) is 0 Å². The van der Waals surface area contributed by atoms with Gasteiger partial charge < -0.3 is 0 Å². The molecule has 1 rings (SSSR count). The van der Waals surface area contributed by atoms with Crippen molar-refractivity contribution in [2.24, 2.45) is 5.92 Å². The molecule has 0 aromatic heterocycles. The highest BCUT2D eigenvalue weighted by Gasteiger charge is 2.41. The molecule has 1 aliphatic carbocycles. The van der Waals surface area contributed by atoms with Gasteiger partial charge in [0.15, 0.2) is 0 Å². The van der Waals surface area contributed by atoms with Gasteiger partial charge in [0.25, 0.3) is 0 Å². The lowest BCUT2D eigenvalue weighted by Gasteiger charge is -2.32. The molecule has 0 saturated heterocycles. The summed E-state index contributed by atoms with van der Waals surface area (Å²) in [7, 11) is -3.32. The van der Waals surface area contributed by atoms with Crippen LogP contribution in [0.3, 0.4) is 0 Å². The molecule has 2 atom stereocenters. The van der Waals surface area contributed by atoms with Crippen molar-refractivity contribution in [3.8, 4) is 0 Å². The van der Waals surface area contributed by atoms with Gasteiger partial charge >= 0.3 is 0 Å². The van der Waals surface area contributed by atoms with Crippen LogP contribution < -0.4 is 4.72 Å². The molecule has 20 heavy (non-hydrogen) atoms. The van der Waals surface area contributed by atoms with E-state index in [1.165, 1.54) is 25.7 Å². The Bertz CT molecular complexity index is 439. The SMILES string of the molecule is CCCCCCCCNS(=O)(=O)C1(C)C=CC=CC1C. The maximum Gasteiger partial charge on any atom is 0.221 e. The number of allylic oxidation sites excluding steroid dienone is 3. The second-order valence-electron chi connectivity index (χ2n) is 5.88. The van der Waals surface area contributed by atoms with E-state index in [-0.39, 0.29) is 5.92 Å². The fourth-order valence-electron chi connectivity index (χ4n) is 2.42. The number of hydrogen-bond acceptors (Lipinski definition) is 2. The van der Waals surface area contributed by atoms with Crippen molar-refractivity contribution < 1.29 is 8.42 Å². The third-order valence-corrected chi connectivity index (χ3v) is 6.49.